The molecule has 180 valence electrons. The van der Waals surface area contributed by atoms with Crippen molar-refractivity contribution in [1.29, 1.82) is 0 Å². The first-order chi connectivity index (χ1) is 15.6. The average Bonchev–Trinajstić information content (AvgIpc) is 3.26. The van der Waals surface area contributed by atoms with Gasteiger partial charge in [-0.15, -0.1) is 0 Å². The van der Waals surface area contributed by atoms with Gasteiger partial charge in [0, 0.05) is 6.04 Å². The lowest BCUT2D eigenvalue weighted by atomic mass is 9.62. The molecule has 1 spiro atoms. The Labute approximate surface area is 194 Å². The summed E-state index contributed by atoms with van der Waals surface area (Å²) < 4.78 is 12.0. The van der Waals surface area contributed by atoms with Gasteiger partial charge in [0.05, 0.1) is 30.8 Å². The van der Waals surface area contributed by atoms with E-state index in [9.17, 15) is 19.5 Å². The number of esters is 1. The van der Waals surface area contributed by atoms with Gasteiger partial charge in [0.2, 0.25) is 11.8 Å². The van der Waals surface area contributed by atoms with E-state index < -0.39 is 41.1 Å². The third-order valence-electron chi connectivity index (χ3n) is 7.67. The van der Waals surface area contributed by atoms with E-state index >= 15 is 0 Å². The molecule has 3 heterocycles. The smallest absolute Gasteiger partial charge is 0.312 e. The number of likely N-dealkylation sites (tertiary alicyclic amines) is 1. The highest BCUT2D eigenvalue weighted by Crippen LogP contribution is 2.66. The molecule has 3 aliphatic heterocycles. The van der Waals surface area contributed by atoms with E-state index in [1.807, 2.05) is 58.0 Å². The highest BCUT2D eigenvalue weighted by Gasteiger charge is 2.80. The van der Waals surface area contributed by atoms with Crippen molar-refractivity contribution >= 4 is 17.8 Å². The van der Waals surface area contributed by atoms with Crippen molar-refractivity contribution in [3.63, 3.8) is 0 Å². The lowest BCUT2D eigenvalue weighted by molar-refractivity contribution is -0.162. The molecule has 33 heavy (non-hydrogen) atoms. The van der Waals surface area contributed by atoms with Gasteiger partial charge in [-0.3, -0.25) is 14.4 Å². The van der Waals surface area contributed by atoms with Gasteiger partial charge in [-0.05, 0) is 45.6 Å². The predicted octanol–water partition coefficient (Wildman–Crippen LogP) is 1.82. The quantitative estimate of drug-likeness (QED) is 0.604. The van der Waals surface area contributed by atoms with E-state index in [0.717, 1.165) is 0 Å². The zero-order valence-electron chi connectivity index (χ0n) is 19.9. The maximum Gasteiger partial charge on any atom is 0.312 e. The van der Waals surface area contributed by atoms with Crippen LogP contribution >= 0.6 is 0 Å². The second kappa shape index (κ2) is 8.40. The minimum Gasteiger partial charge on any atom is -0.466 e. The summed E-state index contributed by atoms with van der Waals surface area (Å²) in [5.41, 5.74) is -1.35. The summed E-state index contributed by atoms with van der Waals surface area (Å²) in [5, 5.41) is 13.3. The number of aliphatic hydroxyl groups excluding tert-OH is 1. The first kappa shape index (κ1) is 23.7. The molecular weight excluding hydrogens is 424 g/mol. The van der Waals surface area contributed by atoms with Crippen LogP contribution < -0.4 is 5.32 Å². The summed E-state index contributed by atoms with van der Waals surface area (Å²) in [6.07, 6.45) is 0.468. The monoisotopic (exact) mass is 458 g/mol. The highest BCUT2D eigenvalue weighted by molar-refractivity contribution is 5.99. The van der Waals surface area contributed by atoms with Crippen molar-refractivity contribution in [2.24, 2.45) is 17.8 Å². The molecule has 3 aliphatic rings. The number of carbonyl (C=O) groups is 3. The number of carbonyl (C=O) groups excluding carboxylic acids is 3. The molecule has 0 saturated carbocycles. The maximum absolute atomic E-state index is 14.1. The average molecular weight is 459 g/mol. The number of fused-ring (bicyclic) bond motifs is 1. The van der Waals surface area contributed by atoms with E-state index in [4.69, 9.17) is 9.47 Å². The number of nitrogens with zero attached hydrogens (tertiary/aromatic N) is 1. The van der Waals surface area contributed by atoms with Crippen LogP contribution in [0.3, 0.4) is 0 Å². The Balaban J connectivity index is 1.86. The zero-order chi connectivity index (χ0) is 24.1. The summed E-state index contributed by atoms with van der Waals surface area (Å²) in [5.74, 6) is -2.89. The standard InChI is InChI=1S/C25H34N2O6/c1-6-32-23(31)19-18-22(30)27(17(13-28)16-10-8-7-9-11-16)20(21(29)26-14(2)3)25(18)12-15(4)24(19,5)33-25/h7-11,14-15,17-20,28H,6,12-13H2,1-5H3,(H,26,29)/t15?,17-,18+,19+,20?,24-,25?/m1/s1. The topological polar surface area (TPSA) is 105 Å². The molecule has 0 aliphatic carbocycles. The van der Waals surface area contributed by atoms with Crippen molar-refractivity contribution in [3.05, 3.63) is 35.9 Å². The summed E-state index contributed by atoms with van der Waals surface area (Å²) in [7, 11) is 0. The number of rotatable bonds is 7. The minimum absolute atomic E-state index is 0.0606. The number of hydrogen-bond donors (Lipinski definition) is 2. The first-order valence-corrected chi connectivity index (χ1v) is 11.8. The molecule has 3 saturated heterocycles. The molecule has 2 amide bonds. The van der Waals surface area contributed by atoms with E-state index in [0.29, 0.717) is 12.0 Å². The van der Waals surface area contributed by atoms with Crippen molar-refractivity contribution in [1.82, 2.24) is 10.2 Å². The lowest BCUT2D eigenvalue weighted by Gasteiger charge is -2.37. The van der Waals surface area contributed by atoms with Crippen LogP contribution in [0.15, 0.2) is 30.3 Å². The molecule has 3 fully saturated rings. The first-order valence-electron chi connectivity index (χ1n) is 11.8. The third kappa shape index (κ3) is 3.37. The number of benzene rings is 1. The molecule has 2 bridgehead atoms. The van der Waals surface area contributed by atoms with Gasteiger partial charge in [-0.1, -0.05) is 37.3 Å². The van der Waals surface area contributed by atoms with Crippen LogP contribution in [0.2, 0.25) is 0 Å². The fraction of sp³-hybridized carbons (Fsp3) is 0.640. The summed E-state index contributed by atoms with van der Waals surface area (Å²) in [6.45, 7) is 9.11. The van der Waals surface area contributed by atoms with Gasteiger partial charge >= 0.3 is 5.97 Å². The molecule has 0 aromatic heterocycles. The molecule has 8 nitrogen and oxygen atoms in total. The van der Waals surface area contributed by atoms with Crippen molar-refractivity contribution in [2.75, 3.05) is 13.2 Å². The SMILES string of the molecule is CCOC(=O)[C@@H]1[C@H]2C(=O)N([C@H](CO)c3ccccc3)C(C(=O)NC(C)C)C23CC(C)[C@@]1(C)O3. The Morgan fingerprint density at radius 1 is 1.30 bits per heavy atom. The van der Waals surface area contributed by atoms with Gasteiger partial charge in [-0.25, -0.2) is 0 Å². The highest BCUT2D eigenvalue weighted by atomic mass is 16.6. The van der Waals surface area contributed by atoms with Crippen molar-refractivity contribution in [3.8, 4) is 0 Å². The number of ether oxygens (including phenoxy) is 2. The molecule has 7 atom stereocenters. The Morgan fingerprint density at radius 2 is 1.97 bits per heavy atom. The third-order valence-corrected chi connectivity index (χ3v) is 7.67. The summed E-state index contributed by atoms with van der Waals surface area (Å²) in [6, 6.07) is 7.28. The van der Waals surface area contributed by atoms with Gasteiger partial charge in [0.1, 0.15) is 17.6 Å². The number of aliphatic hydroxyl groups is 1. The van der Waals surface area contributed by atoms with Crippen LogP contribution in [-0.2, 0) is 23.9 Å². The van der Waals surface area contributed by atoms with Gasteiger partial charge in [0.15, 0.2) is 0 Å². The molecule has 2 N–H and O–H groups in total. The second-order valence-corrected chi connectivity index (χ2v) is 9.97. The summed E-state index contributed by atoms with van der Waals surface area (Å²) in [4.78, 5) is 42.3. The summed E-state index contributed by atoms with van der Waals surface area (Å²) >= 11 is 0. The van der Waals surface area contributed by atoms with E-state index in [-0.39, 0.29) is 37.0 Å². The predicted molar refractivity (Wildman–Crippen MR) is 120 cm³/mol. The fourth-order valence-electron chi connectivity index (χ4n) is 6.30. The van der Waals surface area contributed by atoms with Crippen LogP contribution in [0.5, 0.6) is 0 Å². The second-order valence-electron chi connectivity index (χ2n) is 9.97. The van der Waals surface area contributed by atoms with Crippen LogP contribution in [0, 0.1) is 17.8 Å². The lowest BCUT2D eigenvalue weighted by Crippen LogP contribution is -2.57. The van der Waals surface area contributed by atoms with Gasteiger partial charge in [-0.2, -0.15) is 0 Å². The number of hydrogen-bond acceptors (Lipinski definition) is 6. The van der Waals surface area contributed by atoms with Gasteiger partial charge in [0.25, 0.3) is 0 Å². The van der Waals surface area contributed by atoms with Crippen LogP contribution in [0.4, 0.5) is 0 Å². The van der Waals surface area contributed by atoms with Crippen LogP contribution in [0.1, 0.15) is 52.6 Å². The van der Waals surface area contributed by atoms with Crippen LogP contribution in [-0.4, -0.2) is 64.3 Å². The molecule has 8 heteroatoms. The Kier molecular flexibility index (Phi) is 6.03. The Bertz CT molecular complexity index is 936. The number of nitrogens with one attached hydrogen (secondary N) is 1. The Morgan fingerprint density at radius 3 is 2.55 bits per heavy atom. The normalized spacial score (nSPS) is 35.6. The van der Waals surface area contributed by atoms with Gasteiger partial charge < -0.3 is 24.8 Å². The molecule has 4 rings (SSSR count). The molecule has 1 aromatic carbocycles. The van der Waals surface area contributed by atoms with Crippen LogP contribution in [0.25, 0.3) is 0 Å². The maximum atomic E-state index is 14.1. The van der Waals surface area contributed by atoms with E-state index in [1.54, 1.807) is 6.92 Å². The zero-order valence-corrected chi connectivity index (χ0v) is 19.9. The molecular formula is C25H34N2O6. The van der Waals surface area contributed by atoms with E-state index in [1.165, 1.54) is 4.90 Å². The van der Waals surface area contributed by atoms with E-state index in [2.05, 4.69) is 5.32 Å². The fourth-order valence-corrected chi connectivity index (χ4v) is 6.30. The number of amides is 2. The molecule has 0 radical (unpaired) electrons. The Hall–Kier alpha value is -2.45. The van der Waals surface area contributed by atoms with Crippen molar-refractivity contribution < 1.29 is 29.0 Å². The largest absolute Gasteiger partial charge is 0.466 e. The minimum atomic E-state index is -1.16. The molecule has 1 aromatic rings. The van der Waals surface area contributed by atoms with Crippen molar-refractivity contribution in [2.45, 2.75) is 70.4 Å². The molecule has 3 unspecified atom stereocenters.